The van der Waals surface area contributed by atoms with Crippen LogP contribution in [0.4, 0.5) is 0 Å². The molecule has 0 bridgehead atoms. The van der Waals surface area contributed by atoms with Gasteiger partial charge >= 0.3 is 23.1 Å². The van der Waals surface area contributed by atoms with Gasteiger partial charge in [-0.15, -0.1) is 0 Å². The van der Waals surface area contributed by atoms with E-state index in [1.165, 1.54) is 18.4 Å². The molecule has 1 heterocycles. The Bertz CT molecular complexity index is 187. The largest absolute Gasteiger partial charge is 0.381 e. The summed E-state index contributed by atoms with van der Waals surface area (Å²) in [5.74, 6) is 0. The van der Waals surface area contributed by atoms with Gasteiger partial charge in [-0.05, 0) is 19.8 Å². The predicted octanol–water partition coefficient (Wildman–Crippen LogP) is 1.88. The van der Waals surface area contributed by atoms with Crippen LogP contribution in [0.5, 0.6) is 0 Å². The molecule has 0 N–H and O–H groups in total. The lowest BCUT2D eigenvalue weighted by atomic mass is 10.2. The summed E-state index contributed by atoms with van der Waals surface area (Å²) < 4.78 is 4.94. The van der Waals surface area contributed by atoms with Gasteiger partial charge < -0.3 is 4.74 Å². The molecule has 0 aliphatic carbocycles. The summed E-state index contributed by atoms with van der Waals surface area (Å²) >= 11 is 0. The van der Waals surface area contributed by atoms with E-state index in [0.717, 1.165) is 13.2 Å². The molecule has 70 valence electrons. The first-order chi connectivity index (χ1) is 5.89. The zero-order valence-electron chi connectivity index (χ0n) is 7.62. The Kier molecular flexibility index (Phi) is 8.50. The number of benzene rings is 1. The van der Waals surface area contributed by atoms with Crippen molar-refractivity contribution in [2.24, 2.45) is 0 Å². The molecule has 0 amide bonds. The van der Waals surface area contributed by atoms with E-state index in [-0.39, 0.29) is 23.1 Å². The molecule has 0 atom stereocenters. The van der Waals surface area contributed by atoms with Gasteiger partial charge in [-0.3, -0.25) is 0 Å². The van der Waals surface area contributed by atoms with Crippen molar-refractivity contribution >= 4 is 23.1 Å². The number of hydrogen-bond donors (Lipinski definition) is 0. The molecule has 13 heavy (non-hydrogen) atoms. The van der Waals surface area contributed by atoms with Gasteiger partial charge in [0.15, 0.2) is 0 Å². The third-order valence-electron chi connectivity index (χ3n) is 1.77. The van der Waals surface area contributed by atoms with Crippen LogP contribution in [0.2, 0.25) is 0 Å². The average Bonchev–Trinajstić information content (AvgIpc) is 2.62. The Balaban J connectivity index is 0.000000215. The third kappa shape index (κ3) is 7.05. The minimum Gasteiger partial charge on any atom is -0.381 e. The van der Waals surface area contributed by atoms with Crippen LogP contribution in [0.15, 0.2) is 30.3 Å². The SMILES string of the molecule is C1CCOC1.Cc1ccccc1.[MgH2]. The van der Waals surface area contributed by atoms with Crippen molar-refractivity contribution in [2.45, 2.75) is 19.8 Å². The van der Waals surface area contributed by atoms with Gasteiger partial charge in [-0.2, -0.15) is 0 Å². The second-order valence-electron chi connectivity index (χ2n) is 2.97. The van der Waals surface area contributed by atoms with Gasteiger partial charge in [0.05, 0.1) is 0 Å². The van der Waals surface area contributed by atoms with E-state index in [4.69, 9.17) is 4.74 Å². The van der Waals surface area contributed by atoms with Gasteiger partial charge in [0.25, 0.3) is 0 Å². The maximum Gasteiger partial charge on any atom is 0.316 e. The normalized spacial score (nSPS) is 13.9. The molecule has 0 spiro atoms. The molecule has 1 aliphatic heterocycles. The monoisotopic (exact) mass is 190 g/mol. The molecule has 1 nitrogen and oxygen atoms in total. The van der Waals surface area contributed by atoms with Gasteiger partial charge in [0, 0.05) is 13.2 Å². The zero-order chi connectivity index (χ0) is 8.65. The minimum absolute atomic E-state index is 0. The summed E-state index contributed by atoms with van der Waals surface area (Å²) in [7, 11) is 0. The molecule has 1 saturated heterocycles. The second kappa shape index (κ2) is 8.54. The van der Waals surface area contributed by atoms with E-state index in [1.807, 2.05) is 18.2 Å². The fourth-order valence-corrected chi connectivity index (χ4v) is 1.04. The highest BCUT2D eigenvalue weighted by Crippen LogP contribution is 1.98. The summed E-state index contributed by atoms with van der Waals surface area (Å²) in [6, 6.07) is 10.3. The van der Waals surface area contributed by atoms with Crippen LogP contribution in [0.1, 0.15) is 18.4 Å². The van der Waals surface area contributed by atoms with Crippen molar-refractivity contribution in [3.63, 3.8) is 0 Å². The van der Waals surface area contributed by atoms with Crippen molar-refractivity contribution in [3.8, 4) is 0 Å². The van der Waals surface area contributed by atoms with Gasteiger partial charge in [0.1, 0.15) is 0 Å². The maximum atomic E-state index is 4.94. The second-order valence-corrected chi connectivity index (χ2v) is 2.97. The number of ether oxygens (including phenoxy) is 1. The van der Waals surface area contributed by atoms with Crippen molar-refractivity contribution in [1.29, 1.82) is 0 Å². The van der Waals surface area contributed by atoms with E-state index in [0.29, 0.717) is 0 Å². The van der Waals surface area contributed by atoms with E-state index in [1.54, 1.807) is 0 Å². The topological polar surface area (TPSA) is 9.23 Å². The smallest absolute Gasteiger partial charge is 0.316 e. The lowest BCUT2D eigenvalue weighted by molar-refractivity contribution is 0.198. The molecule has 2 heteroatoms. The molecule has 0 unspecified atom stereocenters. The Morgan fingerprint density at radius 1 is 1.00 bits per heavy atom. The molecular formula is C11H18MgO. The number of rotatable bonds is 0. The summed E-state index contributed by atoms with van der Waals surface area (Å²) in [6.07, 6.45) is 2.56. The first kappa shape index (κ1) is 12.9. The fraction of sp³-hybridized carbons (Fsp3) is 0.455. The van der Waals surface area contributed by atoms with Crippen LogP contribution in [-0.4, -0.2) is 36.3 Å². The molecular weight excluding hydrogens is 172 g/mol. The zero-order valence-corrected chi connectivity index (χ0v) is 7.62. The molecule has 1 fully saturated rings. The molecule has 2 rings (SSSR count). The Hall–Kier alpha value is -0.0538. The quantitative estimate of drug-likeness (QED) is 0.568. The molecule has 1 aliphatic rings. The van der Waals surface area contributed by atoms with Crippen molar-refractivity contribution in [2.75, 3.05) is 13.2 Å². The lowest BCUT2D eigenvalue weighted by Gasteiger charge is -1.82. The Labute approximate surface area is 96.6 Å². The average molecular weight is 191 g/mol. The van der Waals surface area contributed by atoms with Crippen LogP contribution in [-0.2, 0) is 4.74 Å². The molecule has 0 saturated carbocycles. The third-order valence-corrected chi connectivity index (χ3v) is 1.77. The summed E-state index contributed by atoms with van der Waals surface area (Å²) in [5, 5.41) is 0. The number of hydrogen-bond acceptors (Lipinski definition) is 1. The van der Waals surface area contributed by atoms with E-state index < -0.39 is 0 Å². The first-order valence-electron chi connectivity index (χ1n) is 4.49. The summed E-state index contributed by atoms with van der Waals surface area (Å²) in [4.78, 5) is 0. The lowest BCUT2D eigenvalue weighted by Crippen LogP contribution is -1.74. The fourth-order valence-electron chi connectivity index (χ4n) is 1.04. The van der Waals surface area contributed by atoms with Crippen LogP contribution in [0.3, 0.4) is 0 Å². The summed E-state index contributed by atoms with van der Waals surface area (Å²) in [6.45, 7) is 4.08. The molecule has 1 aromatic carbocycles. The van der Waals surface area contributed by atoms with E-state index in [9.17, 15) is 0 Å². The molecule has 0 radical (unpaired) electrons. The standard InChI is InChI=1S/C7H8.C4H8O.Mg.2H/c1-7-5-3-2-4-6-7;1-2-4-5-3-1;;;/h2-6H,1H3;1-4H2;;;. The van der Waals surface area contributed by atoms with Crippen molar-refractivity contribution in [1.82, 2.24) is 0 Å². The Morgan fingerprint density at radius 2 is 1.54 bits per heavy atom. The van der Waals surface area contributed by atoms with Gasteiger partial charge in [-0.25, -0.2) is 0 Å². The highest BCUT2D eigenvalue weighted by atomic mass is 24.3. The first-order valence-corrected chi connectivity index (χ1v) is 4.49. The number of aryl methyl sites for hydroxylation is 1. The Morgan fingerprint density at radius 3 is 1.77 bits per heavy atom. The van der Waals surface area contributed by atoms with Gasteiger partial charge in [0.2, 0.25) is 0 Å². The predicted molar refractivity (Wildman–Crippen MR) is 59.8 cm³/mol. The van der Waals surface area contributed by atoms with Crippen molar-refractivity contribution < 1.29 is 4.74 Å². The molecule has 1 aromatic rings. The highest BCUT2D eigenvalue weighted by Gasteiger charge is 1.94. The van der Waals surface area contributed by atoms with Crippen LogP contribution in [0.25, 0.3) is 0 Å². The van der Waals surface area contributed by atoms with Crippen LogP contribution < -0.4 is 0 Å². The van der Waals surface area contributed by atoms with E-state index >= 15 is 0 Å². The summed E-state index contributed by atoms with van der Waals surface area (Å²) in [5.41, 5.74) is 1.32. The van der Waals surface area contributed by atoms with Crippen LogP contribution >= 0.6 is 0 Å². The minimum atomic E-state index is 0. The maximum absolute atomic E-state index is 4.94. The van der Waals surface area contributed by atoms with Gasteiger partial charge in [-0.1, -0.05) is 35.9 Å². The highest BCUT2D eigenvalue weighted by molar-refractivity contribution is 5.75. The van der Waals surface area contributed by atoms with Crippen LogP contribution in [0, 0.1) is 6.92 Å². The van der Waals surface area contributed by atoms with Crippen molar-refractivity contribution in [3.05, 3.63) is 35.9 Å². The van der Waals surface area contributed by atoms with E-state index in [2.05, 4.69) is 19.1 Å². The molecule has 0 aromatic heterocycles.